The van der Waals surface area contributed by atoms with Crippen LogP contribution in [0, 0.1) is 6.92 Å². The molecular weight excluding hydrogens is 782 g/mol. The third-order valence-electron chi connectivity index (χ3n) is 14.4. The summed E-state index contributed by atoms with van der Waals surface area (Å²) in [7, 11) is 0. The van der Waals surface area contributed by atoms with Crippen molar-refractivity contribution < 1.29 is 0 Å². The number of hydrogen-bond donors (Lipinski definition) is 0. The van der Waals surface area contributed by atoms with Crippen LogP contribution in [0.15, 0.2) is 188 Å². The zero-order chi connectivity index (χ0) is 41.7. The second-order valence-electron chi connectivity index (χ2n) is 18.1. The van der Waals surface area contributed by atoms with Gasteiger partial charge in [-0.25, -0.2) is 0 Å². The fourth-order valence-electron chi connectivity index (χ4n) is 11.6. The molecule has 0 bridgehead atoms. The maximum absolute atomic E-state index is 2.69. The van der Waals surface area contributed by atoms with E-state index in [1.807, 2.05) is 11.3 Å². The molecule has 0 atom stereocenters. The van der Waals surface area contributed by atoms with E-state index in [-0.39, 0.29) is 12.3 Å². The minimum absolute atomic E-state index is 0.0499. The molecule has 0 unspecified atom stereocenters. The monoisotopic (exact) mass is 821 g/mol. The molecule has 0 fully saturated rings. The summed E-state index contributed by atoms with van der Waals surface area (Å²) >= 11 is 1.90. The predicted molar refractivity (Wildman–Crippen MR) is 270 cm³/mol. The van der Waals surface area contributed by atoms with Gasteiger partial charge in [-0.05, 0) is 118 Å². The fraction of sp³-hybridized carbons (Fsp3) is 0.0690. The van der Waals surface area contributed by atoms with E-state index in [1.54, 1.807) is 0 Å². The van der Waals surface area contributed by atoms with Gasteiger partial charge < -0.3 is 14.3 Å². The fourth-order valence-corrected chi connectivity index (χ4v) is 12.7. The van der Waals surface area contributed by atoms with Crippen molar-refractivity contribution in [1.29, 1.82) is 0 Å². The van der Waals surface area contributed by atoms with Crippen molar-refractivity contribution in [2.45, 2.75) is 26.2 Å². The third-order valence-corrected chi connectivity index (χ3v) is 15.5. The maximum atomic E-state index is 2.69. The Morgan fingerprint density at radius 3 is 2.02 bits per heavy atom. The van der Waals surface area contributed by atoms with E-state index in [2.05, 4.69) is 223 Å². The van der Waals surface area contributed by atoms with Crippen LogP contribution in [0.4, 0.5) is 28.4 Å². The van der Waals surface area contributed by atoms with Crippen LogP contribution in [-0.2, 0) is 5.41 Å². The molecule has 0 N–H and O–H groups in total. The highest BCUT2D eigenvalue weighted by Crippen LogP contribution is 2.54. The maximum Gasteiger partial charge on any atom is 0.333 e. The van der Waals surface area contributed by atoms with Crippen molar-refractivity contribution >= 4 is 99.5 Å². The number of anilines is 5. The largest absolute Gasteiger partial charge is 0.376 e. The summed E-state index contributed by atoms with van der Waals surface area (Å²) in [6, 6.07) is 70.7. The number of rotatable bonds is 5. The van der Waals surface area contributed by atoms with E-state index in [4.69, 9.17) is 0 Å². The summed E-state index contributed by atoms with van der Waals surface area (Å²) in [5.41, 5.74) is 21.4. The molecule has 5 heteroatoms. The standard InChI is InChI=1S/C58H40BN3S/c1-35-24-27-39(28-25-35)62-50-31-29-40(60(37-14-6-4-7-15-37)38-16-8-5-9-17-38)33-45(50)46-34-44(36-26-30-42-41-18-10-11-23-51(41)63-52(42)32-36)53-43-19-12-20-47-55(43)61-56-48(58(47,2)3)21-13-22-49(56)59(62)54(46)57(53)61/h4-34H,1-3H3. The zero-order valence-electron chi connectivity index (χ0n) is 35.2. The highest BCUT2D eigenvalue weighted by molar-refractivity contribution is 7.25. The molecule has 3 aliphatic rings. The van der Waals surface area contributed by atoms with Gasteiger partial charge in [0, 0.05) is 76.0 Å². The normalized spacial score (nSPS) is 14.0. The Morgan fingerprint density at radius 2 is 1.22 bits per heavy atom. The van der Waals surface area contributed by atoms with Gasteiger partial charge in [0.05, 0.1) is 11.0 Å². The summed E-state index contributed by atoms with van der Waals surface area (Å²) in [6.07, 6.45) is 0. The van der Waals surface area contributed by atoms with Crippen LogP contribution >= 0.6 is 11.3 Å². The lowest BCUT2D eigenvalue weighted by molar-refractivity contribution is 0.631. The molecule has 0 aliphatic carbocycles. The van der Waals surface area contributed by atoms with Gasteiger partial charge in [0.2, 0.25) is 0 Å². The molecule has 14 rings (SSSR count). The van der Waals surface area contributed by atoms with Crippen molar-refractivity contribution in [3.63, 3.8) is 0 Å². The van der Waals surface area contributed by atoms with E-state index in [0.717, 1.165) is 17.1 Å². The van der Waals surface area contributed by atoms with Gasteiger partial charge in [0.15, 0.2) is 0 Å². The molecule has 9 aromatic carbocycles. The molecule has 0 amide bonds. The van der Waals surface area contributed by atoms with Crippen molar-refractivity contribution in [2.75, 3.05) is 9.71 Å². The average molecular weight is 822 g/mol. The Kier molecular flexibility index (Phi) is 7.07. The first-order valence-electron chi connectivity index (χ1n) is 22.0. The first kappa shape index (κ1) is 35.3. The molecule has 0 saturated carbocycles. The Hall–Kier alpha value is -7.34. The number of benzene rings is 9. The number of fused-ring (bicyclic) bond motifs is 7. The van der Waals surface area contributed by atoms with Crippen LogP contribution in [0.1, 0.15) is 30.5 Å². The Labute approximate surface area is 370 Å². The van der Waals surface area contributed by atoms with Gasteiger partial charge >= 0.3 is 6.85 Å². The molecule has 5 heterocycles. The lowest BCUT2D eigenvalue weighted by Crippen LogP contribution is -2.61. The number of nitrogens with zero attached hydrogens (tertiary/aromatic N) is 3. The van der Waals surface area contributed by atoms with Crippen LogP contribution in [0.2, 0.25) is 0 Å². The Balaban J connectivity index is 1.15. The molecule has 63 heavy (non-hydrogen) atoms. The predicted octanol–water partition coefficient (Wildman–Crippen LogP) is 14.5. The minimum atomic E-state index is -0.194. The molecule has 0 spiro atoms. The van der Waals surface area contributed by atoms with E-state index < -0.39 is 0 Å². The lowest BCUT2D eigenvalue weighted by atomic mass is 9.43. The van der Waals surface area contributed by atoms with Crippen LogP contribution < -0.4 is 20.6 Å². The SMILES string of the molecule is Cc1ccc(N2B3c4cccc5c4-n4c6c(cccc6c6c(-c7ccc8c(c7)sc7ccccc78)cc(c3c64)-c3cc(N(c4ccccc4)c4ccccc4)ccc32)C5(C)C)cc1. The van der Waals surface area contributed by atoms with Crippen molar-refractivity contribution in [2.24, 2.45) is 0 Å². The summed E-state index contributed by atoms with van der Waals surface area (Å²) in [6.45, 7) is 6.99. The van der Waals surface area contributed by atoms with Crippen molar-refractivity contribution in [3.8, 4) is 27.9 Å². The van der Waals surface area contributed by atoms with Crippen LogP contribution in [0.25, 0.3) is 69.9 Å². The zero-order valence-corrected chi connectivity index (χ0v) is 36.0. The summed E-state index contributed by atoms with van der Waals surface area (Å²) in [4.78, 5) is 5.05. The van der Waals surface area contributed by atoms with E-state index >= 15 is 0 Å². The highest BCUT2D eigenvalue weighted by Gasteiger charge is 2.48. The Bertz CT molecular complexity index is 3690. The molecule has 0 radical (unpaired) electrons. The second kappa shape index (κ2) is 12.6. The van der Waals surface area contributed by atoms with E-state index in [1.165, 1.54) is 109 Å². The first-order chi connectivity index (χ1) is 30.9. The molecule has 11 aromatic rings. The van der Waals surface area contributed by atoms with Gasteiger partial charge in [0.25, 0.3) is 0 Å². The average Bonchev–Trinajstić information content (AvgIpc) is 3.88. The minimum Gasteiger partial charge on any atom is -0.376 e. The van der Waals surface area contributed by atoms with E-state index in [9.17, 15) is 0 Å². The van der Waals surface area contributed by atoms with Crippen LogP contribution in [0.3, 0.4) is 0 Å². The number of thiophene rings is 1. The smallest absolute Gasteiger partial charge is 0.333 e. The number of aromatic nitrogens is 1. The Morgan fingerprint density at radius 1 is 0.524 bits per heavy atom. The van der Waals surface area contributed by atoms with Crippen LogP contribution in [0.5, 0.6) is 0 Å². The van der Waals surface area contributed by atoms with Crippen LogP contribution in [-0.4, -0.2) is 11.4 Å². The van der Waals surface area contributed by atoms with Crippen molar-refractivity contribution in [3.05, 3.63) is 205 Å². The molecule has 3 nitrogen and oxygen atoms in total. The first-order valence-corrected chi connectivity index (χ1v) is 22.9. The lowest BCUT2D eigenvalue weighted by Gasteiger charge is -2.45. The van der Waals surface area contributed by atoms with E-state index in [0.29, 0.717) is 0 Å². The quantitative estimate of drug-likeness (QED) is 0.160. The molecule has 0 saturated heterocycles. The van der Waals surface area contributed by atoms with Gasteiger partial charge in [-0.2, -0.15) is 0 Å². The molecule has 2 aromatic heterocycles. The number of para-hydroxylation sites is 4. The highest BCUT2D eigenvalue weighted by atomic mass is 32.1. The summed E-state index contributed by atoms with van der Waals surface area (Å²) < 4.78 is 5.34. The van der Waals surface area contributed by atoms with Gasteiger partial charge in [0.1, 0.15) is 0 Å². The van der Waals surface area contributed by atoms with Gasteiger partial charge in [-0.15, -0.1) is 11.3 Å². The molecule has 296 valence electrons. The number of hydrogen-bond acceptors (Lipinski definition) is 3. The van der Waals surface area contributed by atoms with Gasteiger partial charge in [-0.3, -0.25) is 0 Å². The third kappa shape index (κ3) is 4.70. The topological polar surface area (TPSA) is 11.4 Å². The number of aryl methyl sites for hydroxylation is 1. The summed E-state index contributed by atoms with van der Waals surface area (Å²) in [5, 5.41) is 5.32. The summed E-state index contributed by atoms with van der Waals surface area (Å²) in [5.74, 6) is 0. The molecule has 3 aliphatic heterocycles. The van der Waals surface area contributed by atoms with Crippen molar-refractivity contribution in [1.82, 2.24) is 4.57 Å². The van der Waals surface area contributed by atoms with Gasteiger partial charge in [-0.1, -0.05) is 135 Å². The molecular formula is C58H40BN3S. The second-order valence-corrected chi connectivity index (χ2v) is 19.2.